The van der Waals surface area contributed by atoms with Crippen molar-refractivity contribution in [1.29, 1.82) is 0 Å². The molecule has 2 aromatic rings. The summed E-state index contributed by atoms with van der Waals surface area (Å²) in [7, 11) is 1.65. The summed E-state index contributed by atoms with van der Waals surface area (Å²) in [6.07, 6.45) is 3.18. The molecule has 0 radical (unpaired) electrons. The molecule has 1 heterocycles. The number of hydrogen-bond acceptors (Lipinski definition) is 3. The summed E-state index contributed by atoms with van der Waals surface area (Å²) in [5.74, 6) is 1.75. The Hall–Kier alpha value is -1.45. The number of methoxy groups -OCH3 is 1. The van der Waals surface area contributed by atoms with Crippen molar-refractivity contribution in [3.05, 3.63) is 52.4 Å². The highest BCUT2D eigenvalue weighted by Gasteiger charge is 2.16. The van der Waals surface area contributed by atoms with Crippen molar-refractivity contribution in [3.63, 3.8) is 0 Å². The van der Waals surface area contributed by atoms with Crippen LogP contribution in [0.2, 0.25) is 5.02 Å². The summed E-state index contributed by atoms with van der Waals surface area (Å²) in [5.41, 5.74) is 8.31. The average Bonchev–Trinajstić information content (AvgIpc) is 2.87. The van der Waals surface area contributed by atoms with Crippen LogP contribution in [-0.4, -0.2) is 7.11 Å². The second kappa shape index (κ2) is 6.13. The Balaban J connectivity index is 2.23. The molecule has 3 nitrogen and oxygen atoms in total. The highest BCUT2D eigenvalue weighted by molar-refractivity contribution is 6.30. The molecule has 1 aromatic heterocycles. The molecule has 19 heavy (non-hydrogen) atoms. The largest absolute Gasteiger partial charge is 0.496 e. The van der Waals surface area contributed by atoms with Gasteiger partial charge in [-0.25, -0.2) is 0 Å². The van der Waals surface area contributed by atoms with Crippen molar-refractivity contribution in [2.24, 2.45) is 5.73 Å². The maximum Gasteiger partial charge on any atom is 0.122 e. The number of benzene rings is 1. The van der Waals surface area contributed by atoms with Crippen LogP contribution in [0.1, 0.15) is 29.9 Å². The van der Waals surface area contributed by atoms with E-state index >= 15 is 0 Å². The summed E-state index contributed by atoms with van der Waals surface area (Å²) in [4.78, 5) is 0. The van der Waals surface area contributed by atoms with E-state index in [1.54, 1.807) is 13.4 Å². The van der Waals surface area contributed by atoms with E-state index in [0.717, 1.165) is 29.1 Å². The van der Waals surface area contributed by atoms with Gasteiger partial charge in [-0.1, -0.05) is 18.5 Å². The molecule has 0 aliphatic heterocycles. The molecule has 0 bridgehead atoms. The molecule has 0 spiro atoms. The van der Waals surface area contributed by atoms with Gasteiger partial charge in [0, 0.05) is 23.0 Å². The van der Waals surface area contributed by atoms with E-state index < -0.39 is 0 Å². The van der Waals surface area contributed by atoms with Crippen LogP contribution in [0, 0.1) is 0 Å². The zero-order valence-electron chi connectivity index (χ0n) is 11.2. The molecule has 0 aliphatic rings. The molecule has 0 saturated carbocycles. The fourth-order valence-electron chi connectivity index (χ4n) is 2.22. The van der Waals surface area contributed by atoms with Crippen molar-refractivity contribution in [1.82, 2.24) is 0 Å². The average molecular weight is 280 g/mol. The number of rotatable bonds is 5. The maximum absolute atomic E-state index is 6.26. The molecule has 4 heteroatoms. The quantitative estimate of drug-likeness (QED) is 0.907. The number of halogens is 1. The third-order valence-electron chi connectivity index (χ3n) is 3.18. The van der Waals surface area contributed by atoms with Crippen LogP contribution in [0.3, 0.4) is 0 Å². The van der Waals surface area contributed by atoms with Crippen LogP contribution in [0.4, 0.5) is 0 Å². The molecular weight excluding hydrogens is 262 g/mol. The van der Waals surface area contributed by atoms with Gasteiger partial charge in [0.25, 0.3) is 0 Å². The van der Waals surface area contributed by atoms with Gasteiger partial charge in [0.05, 0.1) is 13.4 Å². The molecular formula is C15H18ClNO2. The van der Waals surface area contributed by atoms with Crippen molar-refractivity contribution in [2.75, 3.05) is 7.11 Å². The molecule has 0 saturated heterocycles. The van der Waals surface area contributed by atoms with E-state index in [1.165, 1.54) is 0 Å². The van der Waals surface area contributed by atoms with Crippen molar-refractivity contribution in [2.45, 2.75) is 25.8 Å². The van der Waals surface area contributed by atoms with Crippen molar-refractivity contribution < 1.29 is 9.15 Å². The Labute approximate surface area is 118 Å². The first-order valence-corrected chi connectivity index (χ1v) is 6.67. The fourth-order valence-corrected chi connectivity index (χ4v) is 2.42. The number of hydrogen-bond donors (Lipinski definition) is 1. The van der Waals surface area contributed by atoms with Crippen molar-refractivity contribution in [3.8, 4) is 5.75 Å². The predicted octanol–water partition coefficient (Wildman–Crippen LogP) is 3.75. The standard InChI is InChI=1S/C15H18ClNO2/c1-3-14-12(6-7-19-14)13(17)9-10-8-11(16)4-5-15(10)18-2/h4-8,13H,3,9,17H2,1-2H3. The predicted molar refractivity (Wildman–Crippen MR) is 76.7 cm³/mol. The molecule has 102 valence electrons. The number of nitrogens with two attached hydrogens (primary N) is 1. The summed E-state index contributed by atoms with van der Waals surface area (Å²) in [6, 6.07) is 7.37. The minimum atomic E-state index is -0.124. The van der Waals surface area contributed by atoms with E-state index in [-0.39, 0.29) is 6.04 Å². The maximum atomic E-state index is 6.26. The van der Waals surface area contributed by atoms with Crippen LogP contribution in [0.5, 0.6) is 5.75 Å². The molecule has 1 aromatic carbocycles. The van der Waals surface area contributed by atoms with Crippen molar-refractivity contribution >= 4 is 11.6 Å². The van der Waals surface area contributed by atoms with Crippen LogP contribution in [-0.2, 0) is 12.8 Å². The first-order chi connectivity index (χ1) is 9.15. The van der Waals surface area contributed by atoms with E-state index in [4.69, 9.17) is 26.5 Å². The molecule has 1 unspecified atom stereocenters. The number of aryl methyl sites for hydroxylation is 1. The summed E-state index contributed by atoms with van der Waals surface area (Å²) >= 11 is 6.03. The zero-order chi connectivity index (χ0) is 13.8. The van der Waals surface area contributed by atoms with E-state index in [2.05, 4.69) is 6.92 Å². The molecule has 2 rings (SSSR count). The van der Waals surface area contributed by atoms with E-state index in [1.807, 2.05) is 24.3 Å². The molecule has 0 fully saturated rings. The summed E-state index contributed by atoms with van der Waals surface area (Å²) in [5, 5.41) is 0.686. The Bertz CT molecular complexity index is 551. The molecule has 2 N–H and O–H groups in total. The third kappa shape index (κ3) is 3.11. The van der Waals surface area contributed by atoms with E-state index in [9.17, 15) is 0 Å². The fraction of sp³-hybridized carbons (Fsp3) is 0.333. The monoisotopic (exact) mass is 279 g/mol. The minimum absolute atomic E-state index is 0.124. The Morgan fingerprint density at radius 2 is 2.16 bits per heavy atom. The number of furan rings is 1. The van der Waals surface area contributed by atoms with Crippen LogP contribution >= 0.6 is 11.6 Å². The van der Waals surface area contributed by atoms with Gasteiger partial charge in [-0.3, -0.25) is 0 Å². The lowest BCUT2D eigenvalue weighted by Gasteiger charge is -2.14. The lowest BCUT2D eigenvalue weighted by atomic mass is 9.98. The lowest BCUT2D eigenvalue weighted by molar-refractivity contribution is 0.408. The van der Waals surface area contributed by atoms with Crippen LogP contribution in [0.25, 0.3) is 0 Å². The van der Waals surface area contributed by atoms with Gasteiger partial charge >= 0.3 is 0 Å². The molecule has 0 amide bonds. The van der Waals surface area contributed by atoms with E-state index in [0.29, 0.717) is 11.4 Å². The molecule has 1 atom stereocenters. The summed E-state index contributed by atoms with van der Waals surface area (Å²) < 4.78 is 10.8. The number of ether oxygens (including phenoxy) is 1. The topological polar surface area (TPSA) is 48.4 Å². The van der Waals surface area contributed by atoms with Gasteiger partial charge in [0.2, 0.25) is 0 Å². The van der Waals surface area contributed by atoms with Gasteiger partial charge < -0.3 is 14.9 Å². The zero-order valence-corrected chi connectivity index (χ0v) is 11.9. The highest BCUT2D eigenvalue weighted by atomic mass is 35.5. The second-order valence-electron chi connectivity index (χ2n) is 4.42. The Kier molecular flexibility index (Phi) is 4.51. The smallest absolute Gasteiger partial charge is 0.122 e. The van der Waals surface area contributed by atoms with Crippen LogP contribution in [0.15, 0.2) is 34.9 Å². The first-order valence-electron chi connectivity index (χ1n) is 6.30. The van der Waals surface area contributed by atoms with Crippen LogP contribution < -0.4 is 10.5 Å². The van der Waals surface area contributed by atoms with Gasteiger partial charge in [0.15, 0.2) is 0 Å². The Morgan fingerprint density at radius 3 is 2.84 bits per heavy atom. The Morgan fingerprint density at radius 1 is 1.37 bits per heavy atom. The molecule has 0 aliphatic carbocycles. The third-order valence-corrected chi connectivity index (χ3v) is 3.42. The minimum Gasteiger partial charge on any atom is -0.496 e. The SMILES string of the molecule is CCc1occc1C(N)Cc1cc(Cl)ccc1OC. The highest BCUT2D eigenvalue weighted by Crippen LogP contribution is 2.28. The van der Waals surface area contributed by atoms with Gasteiger partial charge in [-0.05, 0) is 36.2 Å². The summed E-state index contributed by atoms with van der Waals surface area (Å²) in [6.45, 7) is 2.05. The normalized spacial score (nSPS) is 12.4. The second-order valence-corrected chi connectivity index (χ2v) is 4.86. The lowest BCUT2D eigenvalue weighted by Crippen LogP contribution is -2.14. The van der Waals surface area contributed by atoms with Gasteiger partial charge in [-0.2, -0.15) is 0 Å². The van der Waals surface area contributed by atoms with Gasteiger partial charge in [-0.15, -0.1) is 0 Å². The van der Waals surface area contributed by atoms with Gasteiger partial charge in [0.1, 0.15) is 11.5 Å². The first kappa shape index (κ1) is 14.0.